The second-order valence-electron chi connectivity index (χ2n) is 6.90. The van der Waals surface area contributed by atoms with E-state index in [1.165, 1.54) is 55.6 Å². The van der Waals surface area contributed by atoms with Gasteiger partial charge in [0.25, 0.3) is 0 Å². The van der Waals surface area contributed by atoms with E-state index >= 15 is 0 Å². The summed E-state index contributed by atoms with van der Waals surface area (Å²) in [5.74, 6) is 0. The standard InChI is InChI=1S/C24H26/c1-15-14-22(21-10-8-7-9-11-21)12-13-23(15)24-19(5)17(3)16(2)18(4)20(24)6/h7-14H,1-6H3. The lowest BCUT2D eigenvalue weighted by Crippen LogP contribution is -2.00. The Bertz CT molecular complexity index is 870. The van der Waals surface area contributed by atoms with Crippen LogP contribution < -0.4 is 0 Å². The molecule has 0 heterocycles. The maximum atomic E-state index is 2.31. The molecule has 0 nitrogen and oxygen atoms in total. The van der Waals surface area contributed by atoms with Crippen LogP contribution in [0.1, 0.15) is 33.4 Å². The van der Waals surface area contributed by atoms with Crippen molar-refractivity contribution >= 4 is 0 Å². The van der Waals surface area contributed by atoms with Crippen molar-refractivity contribution < 1.29 is 0 Å². The van der Waals surface area contributed by atoms with Gasteiger partial charge in [-0.3, -0.25) is 0 Å². The molecule has 0 amide bonds. The highest BCUT2D eigenvalue weighted by Crippen LogP contribution is 2.36. The molecule has 0 aliphatic carbocycles. The van der Waals surface area contributed by atoms with Gasteiger partial charge in [-0.15, -0.1) is 0 Å². The van der Waals surface area contributed by atoms with Gasteiger partial charge in [-0.25, -0.2) is 0 Å². The smallest absolute Gasteiger partial charge is 0.0117 e. The normalized spacial score (nSPS) is 10.9. The van der Waals surface area contributed by atoms with E-state index in [1.807, 2.05) is 0 Å². The van der Waals surface area contributed by atoms with E-state index in [4.69, 9.17) is 0 Å². The molecule has 0 N–H and O–H groups in total. The Kier molecular flexibility index (Phi) is 4.32. The van der Waals surface area contributed by atoms with Gasteiger partial charge in [0, 0.05) is 0 Å². The minimum absolute atomic E-state index is 1.27. The Morgan fingerprint density at radius 2 is 1.04 bits per heavy atom. The van der Waals surface area contributed by atoms with Crippen LogP contribution in [0.3, 0.4) is 0 Å². The first-order chi connectivity index (χ1) is 11.4. The molecule has 0 atom stereocenters. The van der Waals surface area contributed by atoms with Gasteiger partial charge < -0.3 is 0 Å². The van der Waals surface area contributed by atoms with Crippen LogP contribution in [0.15, 0.2) is 48.5 Å². The lowest BCUT2D eigenvalue weighted by atomic mass is 9.84. The van der Waals surface area contributed by atoms with E-state index in [1.54, 1.807) is 0 Å². The molecular formula is C24H26. The summed E-state index contributed by atoms with van der Waals surface area (Å²) in [6.07, 6.45) is 0. The van der Waals surface area contributed by atoms with Crippen LogP contribution in [-0.2, 0) is 0 Å². The highest BCUT2D eigenvalue weighted by Gasteiger charge is 2.15. The molecule has 0 aliphatic heterocycles. The van der Waals surface area contributed by atoms with Crippen LogP contribution in [0.4, 0.5) is 0 Å². The zero-order valence-corrected chi connectivity index (χ0v) is 15.6. The summed E-state index contributed by atoms with van der Waals surface area (Å²) in [6.45, 7) is 13.5. The van der Waals surface area contributed by atoms with Crippen molar-refractivity contribution in [3.8, 4) is 22.3 Å². The molecule has 0 heteroatoms. The van der Waals surface area contributed by atoms with Gasteiger partial charge in [-0.1, -0.05) is 48.5 Å². The van der Waals surface area contributed by atoms with Crippen molar-refractivity contribution in [1.82, 2.24) is 0 Å². The lowest BCUT2D eigenvalue weighted by molar-refractivity contribution is 1.17. The van der Waals surface area contributed by atoms with Gasteiger partial charge in [-0.2, -0.15) is 0 Å². The van der Waals surface area contributed by atoms with Crippen molar-refractivity contribution in [2.24, 2.45) is 0 Å². The van der Waals surface area contributed by atoms with Gasteiger partial charge in [0.15, 0.2) is 0 Å². The molecule has 0 aromatic heterocycles. The first kappa shape index (κ1) is 16.5. The van der Waals surface area contributed by atoms with Crippen LogP contribution in [0, 0.1) is 41.5 Å². The summed E-state index contributed by atoms with van der Waals surface area (Å²) in [6, 6.07) is 17.5. The van der Waals surface area contributed by atoms with E-state index < -0.39 is 0 Å². The van der Waals surface area contributed by atoms with Crippen molar-refractivity contribution in [3.05, 3.63) is 81.9 Å². The monoisotopic (exact) mass is 314 g/mol. The zero-order chi connectivity index (χ0) is 17.4. The van der Waals surface area contributed by atoms with Crippen molar-refractivity contribution in [2.45, 2.75) is 41.5 Å². The summed E-state index contributed by atoms with van der Waals surface area (Å²) >= 11 is 0. The van der Waals surface area contributed by atoms with E-state index in [-0.39, 0.29) is 0 Å². The second-order valence-corrected chi connectivity index (χ2v) is 6.90. The molecule has 3 rings (SSSR count). The fourth-order valence-corrected chi connectivity index (χ4v) is 3.66. The number of aryl methyl sites for hydroxylation is 1. The van der Waals surface area contributed by atoms with Gasteiger partial charge in [0.2, 0.25) is 0 Å². The number of hydrogen-bond donors (Lipinski definition) is 0. The molecule has 3 aromatic rings. The minimum Gasteiger partial charge on any atom is -0.0622 e. The molecule has 0 radical (unpaired) electrons. The molecule has 0 saturated heterocycles. The summed E-state index contributed by atoms with van der Waals surface area (Å²) in [4.78, 5) is 0. The second kappa shape index (κ2) is 6.28. The Labute approximate surface area is 146 Å². The molecule has 0 bridgehead atoms. The fraction of sp³-hybridized carbons (Fsp3) is 0.250. The molecule has 3 aromatic carbocycles. The average molecular weight is 314 g/mol. The van der Waals surface area contributed by atoms with E-state index in [9.17, 15) is 0 Å². The Morgan fingerprint density at radius 1 is 0.500 bits per heavy atom. The van der Waals surface area contributed by atoms with Crippen molar-refractivity contribution in [1.29, 1.82) is 0 Å². The highest BCUT2D eigenvalue weighted by molar-refractivity contribution is 5.79. The molecule has 122 valence electrons. The molecule has 0 aliphatic rings. The third kappa shape index (κ3) is 2.67. The van der Waals surface area contributed by atoms with Crippen LogP contribution in [-0.4, -0.2) is 0 Å². The summed E-state index contributed by atoms with van der Waals surface area (Å²) in [7, 11) is 0. The molecule has 0 spiro atoms. The Balaban J connectivity index is 2.19. The zero-order valence-electron chi connectivity index (χ0n) is 15.6. The summed E-state index contributed by atoms with van der Waals surface area (Å²) in [5, 5.41) is 0. The Hall–Kier alpha value is -2.34. The topological polar surface area (TPSA) is 0 Å². The molecular weight excluding hydrogens is 288 g/mol. The molecule has 0 saturated carbocycles. The maximum Gasteiger partial charge on any atom is -0.0117 e. The number of benzene rings is 3. The van der Waals surface area contributed by atoms with Crippen molar-refractivity contribution in [3.63, 3.8) is 0 Å². The predicted octanol–water partition coefficient (Wildman–Crippen LogP) is 6.87. The molecule has 0 unspecified atom stereocenters. The summed E-state index contributed by atoms with van der Waals surface area (Å²) in [5.41, 5.74) is 13.7. The maximum absolute atomic E-state index is 2.31. The van der Waals surface area contributed by atoms with Crippen LogP contribution in [0.5, 0.6) is 0 Å². The average Bonchev–Trinajstić information content (AvgIpc) is 2.60. The van der Waals surface area contributed by atoms with Crippen LogP contribution in [0.25, 0.3) is 22.3 Å². The quantitative estimate of drug-likeness (QED) is 0.484. The third-order valence-electron chi connectivity index (χ3n) is 5.60. The van der Waals surface area contributed by atoms with Gasteiger partial charge in [0.1, 0.15) is 0 Å². The van der Waals surface area contributed by atoms with Gasteiger partial charge in [0.05, 0.1) is 0 Å². The lowest BCUT2D eigenvalue weighted by Gasteiger charge is -2.20. The fourth-order valence-electron chi connectivity index (χ4n) is 3.66. The van der Waals surface area contributed by atoms with E-state index in [0.29, 0.717) is 0 Å². The van der Waals surface area contributed by atoms with Crippen molar-refractivity contribution in [2.75, 3.05) is 0 Å². The largest absolute Gasteiger partial charge is 0.0622 e. The predicted molar refractivity (Wildman–Crippen MR) is 106 cm³/mol. The van der Waals surface area contributed by atoms with Crippen LogP contribution in [0.2, 0.25) is 0 Å². The Morgan fingerprint density at radius 3 is 1.58 bits per heavy atom. The first-order valence-corrected chi connectivity index (χ1v) is 8.65. The van der Waals surface area contributed by atoms with E-state index in [0.717, 1.165) is 0 Å². The number of hydrogen-bond acceptors (Lipinski definition) is 0. The van der Waals surface area contributed by atoms with E-state index in [2.05, 4.69) is 90.1 Å². The van der Waals surface area contributed by atoms with Gasteiger partial charge >= 0.3 is 0 Å². The highest BCUT2D eigenvalue weighted by atomic mass is 14.2. The first-order valence-electron chi connectivity index (χ1n) is 8.65. The van der Waals surface area contributed by atoms with Crippen LogP contribution >= 0.6 is 0 Å². The molecule has 0 fully saturated rings. The summed E-state index contributed by atoms with van der Waals surface area (Å²) < 4.78 is 0. The minimum atomic E-state index is 1.27. The SMILES string of the molecule is Cc1cc(-c2ccccc2)ccc1-c1c(C)c(C)c(C)c(C)c1C. The van der Waals surface area contributed by atoms with Gasteiger partial charge in [-0.05, 0) is 97.2 Å². The molecule has 24 heavy (non-hydrogen) atoms. The number of rotatable bonds is 2. The third-order valence-corrected chi connectivity index (χ3v) is 5.60.